The van der Waals surface area contributed by atoms with Gasteiger partial charge in [0.15, 0.2) is 5.71 Å². The van der Waals surface area contributed by atoms with Crippen LogP contribution in [-0.4, -0.2) is 53.5 Å². The molecule has 202 valence electrons. The number of carbonyl (C=O) groups is 2. The van der Waals surface area contributed by atoms with Crippen molar-refractivity contribution in [2.75, 3.05) is 26.3 Å². The number of hydrogen-bond acceptors (Lipinski definition) is 3. The molecule has 4 aromatic carbocycles. The standard InChI is InChI=1S/C33H30ClN2O3P/c1-25-17-19-26(20-18-25)32(37)35-30(33(38)36-21-23-39-24-22-36)31(34)40(27-11-5-2-6-12-27,28-13-7-3-8-14-28)29-15-9-4-10-16-29/h2-20H,21-24H2,1H3. The summed E-state index contributed by atoms with van der Waals surface area (Å²) >= 11 is 7.55. The second-order valence-corrected chi connectivity index (χ2v) is 13.5. The van der Waals surface area contributed by atoms with Gasteiger partial charge in [0.05, 0.1) is 18.0 Å². The first-order valence-electron chi connectivity index (χ1n) is 13.2. The van der Waals surface area contributed by atoms with E-state index in [1.807, 2.05) is 110 Å². The van der Waals surface area contributed by atoms with Crippen molar-refractivity contribution in [2.24, 2.45) is 4.99 Å². The average molecular weight is 569 g/mol. The number of halogens is 1. The molecule has 0 aromatic heterocycles. The Kier molecular flexibility index (Phi) is 8.76. The molecule has 0 N–H and O–H groups in total. The number of rotatable bonds is 6. The molecule has 40 heavy (non-hydrogen) atoms. The number of amides is 2. The third-order valence-corrected chi connectivity index (χ3v) is 11.9. The van der Waals surface area contributed by atoms with Crippen LogP contribution in [0, 0.1) is 6.92 Å². The molecule has 0 aliphatic carbocycles. The largest absolute Gasteiger partial charge is 0.378 e. The van der Waals surface area contributed by atoms with Crippen LogP contribution < -0.4 is 15.9 Å². The Morgan fingerprint density at radius 3 is 1.62 bits per heavy atom. The molecular weight excluding hydrogens is 539 g/mol. The van der Waals surface area contributed by atoms with Gasteiger partial charge in [-0.3, -0.25) is 9.59 Å². The number of benzene rings is 4. The van der Waals surface area contributed by atoms with E-state index in [9.17, 15) is 9.59 Å². The molecule has 0 atom stereocenters. The molecule has 0 unspecified atom stereocenters. The van der Waals surface area contributed by atoms with Crippen molar-refractivity contribution in [1.29, 1.82) is 0 Å². The Hall–Kier alpha value is -3.76. The molecule has 0 bridgehead atoms. The molecule has 1 aliphatic rings. The summed E-state index contributed by atoms with van der Waals surface area (Å²) < 4.78 is 5.76. The number of ether oxygens (including phenoxy) is 1. The van der Waals surface area contributed by atoms with E-state index in [4.69, 9.17) is 16.3 Å². The van der Waals surface area contributed by atoms with Gasteiger partial charge in [0.25, 0.3) is 11.8 Å². The number of morpholine rings is 1. The fourth-order valence-electron chi connectivity index (χ4n) is 4.86. The summed E-state index contributed by atoms with van der Waals surface area (Å²) in [5.41, 5.74) is 1.39. The van der Waals surface area contributed by atoms with Crippen molar-refractivity contribution in [3.63, 3.8) is 0 Å². The number of aryl methyl sites for hydroxylation is 1. The van der Waals surface area contributed by atoms with E-state index in [0.717, 1.165) is 21.5 Å². The van der Waals surface area contributed by atoms with Crippen molar-refractivity contribution >= 4 is 56.7 Å². The number of hydrogen-bond donors (Lipinski definition) is 0. The Morgan fingerprint density at radius 2 is 1.18 bits per heavy atom. The lowest BCUT2D eigenvalue weighted by Gasteiger charge is -2.32. The molecule has 0 spiro atoms. The zero-order chi connectivity index (χ0) is 28.0. The van der Waals surface area contributed by atoms with Crippen LogP contribution in [0.5, 0.6) is 0 Å². The first kappa shape index (κ1) is 27.8. The van der Waals surface area contributed by atoms with Gasteiger partial charge in [-0.05, 0) is 41.9 Å². The second kappa shape index (κ2) is 12.6. The minimum Gasteiger partial charge on any atom is -0.378 e. The van der Waals surface area contributed by atoms with E-state index in [1.54, 1.807) is 17.0 Å². The van der Waals surface area contributed by atoms with Crippen LogP contribution in [0.4, 0.5) is 0 Å². The van der Waals surface area contributed by atoms with Gasteiger partial charge in [0, 0.05) is 18.7 Å². The predicted octanol–water partition coefficient (Wildman–Crippen LogP) is 4.80. The van der Waals surface area contributed by atoms with Gasteiger partial charge in [0.2, 0.25) is 0 Å². The summed E-state index contributed by atoms with van der Waals surface area (Å²) in [4.78, 5) is 33.9. The van der Waals surface area contributed by atoms with Crippen molar-refractivity contribution in [2.45, 2.75) is 6.92 Å². The number of carbonyl (C=O) groups excluding carboxylic acids is 2. The van der Waals surface area contributed by atoms with Gasteiger partial charge in [-0.25, -0.2) is 4.99 Å². The monoisotopic (exact) mass is 568 g/mol. The quantitative estimate of drug-likeness (QED) is 0.248. The summed E-state index contributed by atoms with van der Waals surface area (Å²) in [6.45, 7) is 0.737. The van der Waals surface area contributed by atoms with Crippen LogP contribution in [0.15, 0.2) is 120 Å². The normalized spacial score (nSPS) is 14.1. The molecule has 1 fully saturated rings. The van der Waals surface area contributed by atoms with Crippen LogP contribution in [0.25, 0.3) is 0 Å². The summed E-state index contributed by atoms with van der Waals surface area (Å²) in [6, 6.07) is 37.1. The number of aliphatic imine (C=N–C) groups is 1. The maximum absolute atomic E-state index is 14.2. The smallest absolute Gasteiger partial charge is 0.277 e. The topological polar surface area (TPSA) is 59.0 Å². The third kappa shape index (κ3) is 5.59. The molecule has 1 saturated heterocycles. The van der Waals surface area contributed by atoms with E-state index in [1.165, 1.54) is 0 Å². The molecular formula is C33H30ClN2O3P. The van der Waals surface area contributed by atoms with Crippen LogP contribution in [-0.2, 0) is 9.53 Å². The average Bonchev–Trinajstić information content (AvgIpc) is 3.02. The van der Waals surface area contributed by atoms with Crippen molar-refractivity contribution in [1.82, 2.24) is 4.90 Å². The first-order chi connectivity index (χ1) is 19.5. The second-order valence-electron chi connectivity index (χ2n) is 9.50. The highest BCUT2D eigenvalue weighted by molar-refractivity contribution is 7.98. The van der Waals surface area contributed by atoms with Crippen LogP contribution >= 0.6 is 18.5 Å². The van der Waals surface area contributed by atoms with Crippen molar-refractivity contribution in [3.8, 4) is 0 Å². The third-order valence-electron chi connectivity index (χ3n) is 6.93. The minimum absolute atomic E-state index is 0.0287. The Labute approximate surface area is 240 Å². The maximum atomic E-state index is 14.2. The molecule has 4 aromatic rings. The fourth-order valence-corrected chi connectivity index (χ4v) is 9.76. The summed E-state index contributed by atoms with van der Waals surface area (Å²) in [5.74, 6) is -0.886. The zero-order valence-corrected chi connectivity index (χ0v) is 23.9. The molecule has 7 heteroatoms. The molecule has 0 radical (unpaired) electrons. The Morgan fingerprint density at radius 1 is 0.725 bits per heavy atom. The van der Waals surface area contributed by atoms with Crippen molar-refractivity contribution < 1.29 is 14.3 Å². The molecule has 5 nitrogen and oxygen atoms in total. The fraction of sp³-hybridized carbons (Fsp3) is 0.152. The molecule has 5 rings (SSSR count). The van der Waals surface area contributed by atoms with Gasteiger partial charge >= 0.3 is 0 Å². The number of nitrogens with zero attached hydrogens (tertiary/aromatic N) is 2. The van der Waals surface area contributed by atoms with E-state index >= 15 is 0 Å². The zero-order valence-electron chi connectivity index (χ0n) is 22.2. The molecule has 2 amide bonds. The first-order valence-corrected chi connectivity index (χ1v) is 15.3. The van der Waals surface area contributed by atoms with E-state index in [2.05, 4.69) is 4.99 Å². The molecule has 1 aliphatic heterocycles. The summed E-state index contributed by atoms with van der Waals surface area (Å²) in [5, 5.41) is 2.88. The summed E-state index contributed by atoms with van der Waals surface area (Å²) in [6.07, 6.45) is 0. The van der Waals surface area contributed by atoms with Crippen LogP contribution in [0.1, 0.15) is 15.9 Å². The maximum Gasteiger partial charge on any atom is 0.277 e. The van der Waals surface area contributed by atoms with Gasteiger partial charge < -0.3 is 9.64 Å². The molecule has 0 saturated carbocycles. The van der Waals surface area contributed by atoms with E-state index < -0.39 is 12.8 Å². The highest BCUT2D eigenvalue weighted by Gasteiger charge is 2.35. The van der Waals surface area contributed by atoms with Gasteiger partial charge in [-0.2, -0.15) is 0 Å². The van der Waals surface area contributed by atoms with E-state index in [0.29, 0.717) is 31.9 Å². The lowest BCUT2D eigenvalue weighted by Crippen LogP contribution is -2.46. The predicted molar refractivity (Wildman–Crippen MR) is 166 cm³/mol. The SMILES string of the molecule is Cc1ccc(C(=O)N=C(C(=O)N2CCOCC2)C(Cl)=P(c2ccccc2)(c2ccccc2)c2ccccc2)cc1. The highest BCUT2D eigenvalue weighted by Crippen LogP contribution is 2.47. The lowest BCUT2D eigenvalue weighted by atomic mass is 10.1. The van der Waals surface area contributed by atoms with Gasteiger partial charge in [0.1, 0.15) is 0 Å². The Balaban J connectivity index is 1.86. The van der Waals surface area contributed by atoms with Gasteiger partial charge in [-0.1, -0.05) is 120 Å². The van der Waals surface area contributed by atoms with Crippen molar-refractivity contribution in [3.05, 3.63) is 126 Å². The lowest BCUT2D eigenvalue weighted by molar-refractivity contribution is -0.127. The Bertz CT molecular complexity index is 1460. The van der Waals surface area contributed by atoms with Crippen LogP contribution in [0.2, 0.25) is 0 Å². The highest BCUT2D eigenvalue weighted by atomic mass is 35.5. The minimum atomic E-state index is -2.84. The van der Waals surface area contributed by atoms with Gasteiger partial charge in [-0.15, -0.1) is 0 Å². The van der Waals surface area contributed by atoms with E-state index in [-0.39, 0.29) is 16.4 Å². The summed E-state index contributed by atoms with van der Waals surface area (Å²) in [7, 11) is 0. The molecule has 1 heterocycles. The van der Waals surface area contributed by atoms with Crippen LogP contribution in [0.3, 0.4) is 0 Å².